The first-order chi connectivity index (χ1) is 9.49. The maximum Gasteiger partial charge on any atom is 0.313 e. The molecule has 0 bridgehead atoms. The molecule has 108 valence electrons. The minimum atomic E-state index is -0.964. The number of aryl methyl sites for hydroxylation is 1. The van der Waals surface area contributed by atoms with E-state index in [4.69, 9.17) is 0 Å². The molecule has 1 aromatic rings. The third-order valence-electron chi connectivity index (χ3n) is 3.09. The summed E-state index contributed by atoms with van der Waals surface area (Å²) in [5, 5.41) is 5.16. The highest BCUT2D eigenvalue weighted by Gasteiger charge is 2.24. The van der Waals surface area contributed by atoms with E-state index in [1.165, 1.54) is 11.8 Å². The van der Waals surface area contributed by atoms with Crippen LogP contribution in [0.2, 0.25) is 0 Å². The van der Waals surface area contributed by atoms with Crippen LogP contribution in [0.15, 0.2) is 12.1 Å². The largest absolute Gasteiger partial charge is 0.332 e. The number of amides is 2. The fourth-order valence-electron chi connectivity index (χ4n) is 1.93. The molecule has 2 rings (SSSR count). The molecule has 1 heterocycles. The smallest absolute Gasteiger partial charge is 0.313 e. The van der Waals surface area contributed by atoms with Crippen molar-refractivity contribution in [3.63, 3.8) is 0 Å². The van der Waals surface area contributed by atoms with Crippen molar-refractivity contribution in [2.24, 2.45) is 0 Å². The minimum Gasteiger partial charge on any atom is -0.332 e. The number of nitrogens with one attached hydrogen (secondary N) is 2. The van der Waals surface area contributed by atoms with E-state index in [1.807, 2.05) is 0 Å². The molecule has 5 nitrogen and oxygen atoms in total. The molecule has 20 heavy (non-hydrogen) atoms. The van der Waals surface area contributed by atoms with Crippen molar-refractivity contribution in [3.05, 3.63) is 29.3 Å². The molecule has 2 amide bonds. The molecule has 7 heteroatoms. The Morgan fingerprint density at radius 2 is 1.85 bits per heavy atom. The Kier molecular flexibility index (Phi) is 4.29. The summed E-state index contributed by atoms with van der Waals surface area (Å²) in [4.78, 5) is 25.0. The van der Waals surface area contributed by atoms with Crippen molar-refractivity contribution in [3.8, 4) is 0 Å². The zero-order valence-electron chi connectivity index (χ0n) is 11.0. The number of rotatable bonds is 1. The van der Waals surface area contributed by atoms with E-state index in [0.717, 1.165) is 12.1 Å². The summed E-state index contributed by atoms with van der Waals surface area (Å²) < 4.78 is 26.9. The van der Waals surface area contributed by atoms with Crippen LogP contribution in [0.5, 0.6) is 0 Å². The topological polar surface area (TPSA) is 61.4 Å². The molecule has 1 aliphatic heterocycles. The number of hydrogen-bond acceptors (Lipinski definition) is 3. The first-order valence-corrected chi connectivity index (χ1v) is 6.25. The van der Waals surface area contributed by atoms with Crippen molar-refractivity contribution < 1.29 is 18.4 Å². The van der Waals surface area contributed by atoms with Gasteiger partial charge < -0.3 is 15.5 Å². The Balaban J connectivity index is 2.07. The van der Waals surface area contributed by atoms with Crippen LogP contribution in [0.3, 0.4) is 0 Å². The van der Waals surface area contributed by atoms with Gasteiger partial charge in [0, 0.05) is 32.2 Å². The van der Waals surface area contributed by atoms with Gasteiger partial charge in [-0.15, -0.1) is 0 Å². The second kappa shape index (κ2) is 5.96. The lowest BCUT2D eigenvalue weighted by molar-refractivity contribution is -0.143. The van der Waals surface area contributed by atoms with Crippen LogP contribution in [0.25, 0.3) is 0 Å². The van der Waals surface area contributed by atoms with Gasteiger partial charge in [0.1, 0.15) is 11.6 Å². The molecule has 1 fully saturated rings. The number of benzene rings is 1. The van der Waals surface area contributed by atoms with Gasteiger partial charge in [-0.25, -0.2) is 8.78 Å². The van der Waals surface area contributed by atoms with Crippen LogP contribution in [-0.4, -0.2) is 42.9 Å². The van der Waals surface area contributed by atoms with Crippen LogP contribution >= 0.6 is 0 Å². The summed E-state index contributed by atoms with van der Waals surface area (Å²) in [6, 6.07) is 1.84. The number of hydrogen-bond donors (Lipinski definition) is 2. The van der Waals surface area contributed by atoms with E-state index in [1.54, 1.807) is 0 Å². The number of nitrogens with zero attached hydrogens (tertiary/aromatic N) is 1. The van der Waals surface area contributed by atoms with Crippen LogP contribution < -0.4 is 10.6 Å². The molecule has 1 saturated heterocycles. The Bertz CT molecular complexity index is 543. The molecule has 1 aromatic carbocycles. The summed E-state index contributed by atoms with van der Waals surface area (Å²) in [6.07, 6.45) is 0. The monoisotopic (exact) mass is 283 g/mol. The van der Waals surface area contributed by atoms with Gasteiger partial charge in [0.05, 0.1) is 5.69 Å². The Labute approximate surface area is 114 Å². The average molecular weight is 283 g/mol. The molecule has 0 atom stereocenters. The van der Waals surface area contributed by atoms with E-state index in [2.05, 4.69) is 10.6 Å². The van der Waals surface area contributed by atoms with Gasteiger partial charge in [0.15, 0.2) is 0 Å². The van der Waals surface area contributed by atoms with Crippen molar-refractivity contribution in [1.82, 2.24) is 10.2 Å². The maximum absolute atomic E-state index is 13.6. The molecule has 0 unspecified atom stereocenters. The quantitative estimate of drug-likeness (QED) is 0.744. The van der Waals surface area contributed by atoms with Gasteiger partial charge in [-0.3, -0.25) is 9.59 Å². The molecule has 1 aliphatic rings. The fourth-order valence-corrected chi connectivity index (χ4v) is 1.93. The van der Waals surface area contributed by atoms with Gasteiger partial charge in [0.25, 0.3) is 0 Å². The van der Waals surface area contributed by atoms with Crippen LogP contribution in [0.1, 0.15) is 5.56 Å². The first kappa shape index (κ1) is 14.4. The van der Waals surface area contributed by atoms with Gasteiger partial charge in [-0.2, -0.15) is 0 Å². The SMILES string of the molecule is Cc1cc(F)c(NC(=O)C(=O)N2CCNCC2)cc1F. The second-order valence-electron chi connectivity index (χ2n) is 4.58. The lowest BCUT2D eigenvalue weighted by Gasteiger charge is -2.26. The minimum absolute atomic E-state index is 0.133. The normalized spacial score (nSPS) is 15.1. The van der Waals surface area contributed by atoms with Crippen molar-refractivity contribution in [2.75, 3.05) is 31.5 Å². The predicted octanol–water partition coefficient (Wildman–Crippen LogP) is 0.644. The molecular formula is C13H15F2N3O2. The highest BCUT2D eigenvalue weighted by atomic mass is 19.1. The Morgan fingerprint density at radius 1 is 1.20 bits per heavy atom. The average Bonchev–Trinajstić information content (AvgIpc) is 2.44. The Hall–Kier alpha value is -2.02. The summed E-state index contributed by atoms with van der Waals surface area (Å²) in [7, 11) is 0. The van der Waals surface area contributed by atoms with Gasteiger partial charge >= 0.3 is 11.8 Å². The summed E-state index contributed by atoms with van der Waals surface area (Å²) in [6.45, 7) is 3.45. The van der Waals surface area contributed by atoms with Crippen LogP contribution in [0, 0.1) is 18.6 Å². The third-order valence-corrected chi connectivity index (χ3v) is 3.09. The lowest BCUT2D eigenvalue weighted by atomic mass is 10.2. The summed E-state index contributed by atoms with van der Waals surface area (Å²) >= 11 is 0. The molecule has 0 radical (unpaired) electrons. The van der Waals surface area contributed by atoms with Crippen molar-refractivity contribution in [1.29, 1.82) is 0 Å². The molecule has 2 N–H and O–H groups in total. The standard InChI is InChI=1S/C13H15F2N3O2/c1-8-6-10(15)11(7-9(8)14)17-12(19)13(20)18-4-2-16-3-5-18/h6-7,16H,2-5H2,1H3,(H,17,19). The second-order valence-corrected chi connectivity index (χ2v) is 4.58. The van der Waals surface area contributed by atoms with Crippen molar-refractivity contribution in [2.45, 2.75) is 6.92 Å². The van der Waals surface area contributed by atoms with E-state index in [0.29, 0.717) is 26.2 Å². The predicted molar refractivity (Wildman–Crippen MR) is 69.2 cm³/mol. The van der Waals surface area contributed by atoms with E-state index < -0.39 is 23.4 Å². The highest BCUT2D eigenvalue weighted by Crippen LogP contribution is 2.18. The number of carbonyl (C=O) groups is 2. The number of anilines is 1. The summed E-state index contributed by atoms with van der Waals surface area (Å²) in [5.41, 5.74) is -0.199. The number of halogens is 2. The van der Waals surface area contributed by atoms with Crippen LogP contribution in [0.4, 0.5) is 14.5 Å². The van der Waals surface area contributed by atoms with Gasteiger partial charge in [-0.05, 0) is 18.6 Å². The zero-order valence-corrected chi connectivity index (χ0v) is 11.0. The molecule has 0 aromatic heterocycles. The third kappa shape index (κ3) is 3.11. The fraction of sp³-hybridized carbons (Fsp3) is 0.385. The first-order valence-electron chi connectivity index (χ1n) is 6.25. The van der Waals surface area contributed by atoms with Crippen molar-refractivity contribution >= 4 is 17.5 Å². The number of piperazine rings is 1. The van der Waals surface area contributed by atoms with Crippen LogP contribution in [-0.2, 0) is 9.59 Å². The molecular weight excluding hydrogens is 268 g/mol. The molecule has 0 spiro atoms. The number of carbonyl (C=O) groups excluding carboxylic acids is 2. The van der Waals surface area contributed by atoms with E-state index in [-0.39, 0.29) is 11.3 Å². The highest BCUT2D eigenvalue weighted by molar-refractivity contribution is 6.39. The molecule has 0 aliphatic carbocycles. The summed E-state index contributed by atoms with van der Waals surface area (Å²) in [5.74, 6) is -3.12. The lowest BCUT2D eigenvalue weighted by Crippen LogP contribution is -2.50. The van der Waals surface area contributed by atoms with Gasteiger partial charge in [-0.1, -0.05) is 0 Å². The zero-order chi connectivity index (χ0) is 14.7. The molecule has 0 saturated carbocycles. The maximum atomic E-state index is 13.6. The van der Waals surface area contributed by atoms with E-state index in [9.17, 15) is 18.4 Å². The Morgan fingerprint density at radius 3 is 2.50 bits per heavy atom. The van der Waals surface area contributed by atoms with E-state index >= 15 is 0 Å². The van der Waals surface area contributed by atoms with Gasteiger partial charge in [0.2, 0.25) is 0 Å².